The van der Waals surface area contributed by atoms with E-state index >= 15 is 0 Å². The maximum Gasteiger partial charge on any atom is 0.113 e. The minimum Gasteiger partial charge on any atom is -0.374 e. The van der Waals surface area contributed by atoms with Crippen LogP contribution in [0.5, 0.6) is 0 Å². The van der Waals surface area contributed by atoms with Crippen molar-refractivity contribution in [3.05, 3.63) is 30.0 Å². The van der Waals surface area contributed by atoms with Gasteiger partial charge >= 0.3 is 0 Å². The first-order valence-electron chi connectivity index (χ1n) is 6.22. The minimum absolute atomic E-state index is 0.581. The van der Waals surface area contributed by atoms with E-state index in [4.69, 9.17) is 5.73 Å². The zero-order valence-corrected chi connectivity index (χ0v) is 10.5. The molecule has 0 amide bonds. The van der Waals surface area contributed by atoms with Gasteiger partial charge in [0.1, 0.15) is 5.69 Å². The summed E-state index contributed by atoms with van der Waals surface area (Å²) >= 11 is 0. The molecule has 0 atom stereocenters. The normalized spacial score (nSPS) is 14.0. The van der Waals surface area contributed by atoms with Crippen molar-refractivity contribution >= 4 is 5.69 Å². The summed E-state index contributed by atoms with van der Waals surface area (Å²) in [6.45, 7) is 2.39. The quantitative estimate of drug-likeness (QED) is 0.870. The van der Waals surface area contributed by atoms with Crippen LogP contribution in [0.15, 0.2) is 24.4 Å². The summed E-state index contributed by atoms with van der Waals surface area (Å²) in [4.78, 5) is 2.28. The Hall–Kier alpha value is -1.88. The first-order valence-corrected chi connectivity index (χ1v) is 6.22. The molecule has 1 aromatic heterocycles. The molecule has 0 aliphatic carbocycles. The van der Waals surface area contributed by atoms with Gasteiger partial charge in [0.25, 0.3) is 0 Å². The zero-order valence-electron chi connectivity index (χ0n) is 10.5. The van der Waals surface area contributed by atoms with Gasteiger partial charge in [-0.2, -0.15) is 0 Å². The Kier molecular flexibility index (Phi) is 2.76. The Morgan fingerprint density at radius 1 is 1.39 bits per heavy atom. The lowest BCUT2D eigenvalue weighted by atomic mass is 10.1. The Labute approximate surface area is 106 Å². The number of nitrogens with zero attached hydrogens (tertiary/aromatic N) is 4. The molecule has 0 saturated heterocycles. The van der Waals surface area contributed by atoms with Crippen molar-refractivity contribution in [2.75, 3.05) is 25.0 Å². The summed E-state index contributed by atoms with van der Waals surface area (Å²) in [6, 6.07) is 6.49. The molecule has 2 heterocycles. The molecule has 0 saturated carbocycles. The molecule has 18 heavy (non-hydrogen) atoms. The molecular formula is C13H17N5. The monoisotopic (exact) mass is 243 g/mol. The number of rotatable bonds is 3. The fourth-order valence-electron chi connectivity index (χ4n) is 2.40. The fourth-order valence-corrected chi connectivity index (χ4v) is 2.40. The maximum atomic E-state index is 5.50. The summed E-state index contributed by atoms with van der Waals surface area (Å²) in [7, 11) is 2.13. The van der Waals surface area contributed by atoms with Crippen molar-refractivity contribution in [1.29, 1.82) is 0 Å². The van der Waals surface area contributed by atoms with E-state index in [9.17, 15) is 0 Å². The van der Waals surface area contributed by atoms with Crippen LogP contribution in [0.1, 0.15) is 5.56 Å². The van der Waals surface area contributed by atoms with Crippen LogP contribution in [0.2, 0.25) is 0 Å². The lowest BCUT2D eigenvalue weighted by molar-refractivity contribution is 0.598. The first-order chi connectivity index (χ1) is 8.78. The van der Waals surface area contributed by atoms with E-state index in [0.717, 1.165) is 24.2 Å². The molecular weight excluding hydrogens is 226 g/mol. The highest BCUT2D eigenvalue weighted by Crippen LogP contribution is 2.30. The fraction of sp³-hybridized carbons (Fsp3) is 0.385. The second-order valence-electron chi connectivity index (χ2n) is 4.67. The number of nitrogens with two attached hydrogens (primary N) is 1. The number of anilines is 1. The number of hydrogen-bond donors (Lipinski definition) is 1. The highest BCUT2D eigenvalue weighted by Gasteiger charge is 2.16. The number of benzene rings is 1. The van der Waals surface area contributed by atoms with Gasteiger partial charge in [0.05, 0.1) is 12.7 Å². The molecule has 5 nitrogen and oxygen atoms in total. The van der Waals surface area contributed by atoms with Gasteiger partial charge in [0.15, 0.2) is 0 Å². The summed E-state index contributed by atoms with van der Waals surface area (Å²) in [6.07, 6.45) is 3.06. The molecule has 0 fully saturated rings. The summed E-state index contributed by atoms with van der Waals surface area (Å²) < 4.78 is 1.79. The van der Waals surface area contributed by atoms with Crippen LogP contribution in [-0.4, -0.2) is 35.1 Å². The van der Waals surface area contributed by atoms with E-state index in [-0.39, 0.29) is 0 Å². The Morgan fingerprint density at radius 3 is 3.11 bits per heavy atom. The van der Waals surface area contributed by atoms with Gasteiger partial charge in [0.2, 0.25) is 0 Å². The van der Waals surface area contributed by atoms with Crippen molar-refractivity contribution < 1.29 is 0 Å². The molecule has 1 aromatic carbocycles. The highest BCUT2D eigenvalue weighted by atomic mass is 15.4. The van der Waals surface area contributed by atoms with Crippen LogP contribution < -0.4 is 10.6 Å². The molecule has 94 valence electrons. The standard InChI is InChI=1S/C13H17N5/c1-17-6-4-11-8-10(2-3-13(11)17)12-9-18(7-5-14)16-15-12/h2-3,8-9H,4-7,14H2,1H3. The van der Waals surface area contributed by atoms with Crippen molar-refractivity contribution in [3.63, 3.8) is 0 Å². The molecule has 5 heteroatoms. The van der Waals surface area contributed by atoms with Gasteiger partial charge in [-0.3, -0.25) is 4.68 Å². The smallest absolute Gasteiger partial charge is 0.113 e. The number of fused-ring (bicyclic) bond motifs is 1. The molecule has 0 bridgehead atoms. The molecule has 0 unspecified atom stereocenters. The van der Waals surface area contributed by atoms with Gasteiger partial charge in [-0.15, -0.1) is 5.10 Å². The van der Waals surface area contributed by atoms with E-state index in [2.05, 4.69) is 40.5 Å². The highest BCUT2D eigenvalue weighted by molar-refractivity contribution is 5.67. The second kappa shape index (κ2) is 4.42. The molecule has 2 N–H and O–H groups in total. The van der Waals surface area contributed by atoms with Crippen LogP contribution in [0.25, 0.3) is 11.3 Å². The van der Waals surface area contributed by atoms with E-state index in [1.165, 1.54) is 11.3 Å². The lowest BCUT2D eigenvalue weighted by Crippen LogP contribution is -2.12. The molecule has 0 radical (unpaired) electrons. The van der Waals surface area contributed by atoms with E-state index in [1.54, 1.807) is 4.68 Å². The number of likely N-dealkylation sites (N-methyl/N-ethyl adjacent to an activating group) is 1. The van der Waals surface area contributed by atoms with Gasteiger partial charge in [-0.05, 0) is 24.1 Å². The second-order valence-corrected chi connectivity index (χ2v) is 4.67. The number of hydrogen-bond acceptors (Lipinski definition) is 4. The van der Waals surface area contributed by atoms with Gasteiger partial charge < -0.3 is 10.6 Å². The number of aromatic nitrogens is 3. The van der Waals surface area contributed by atoms with Gasteiger partial charge in [0, 0.05) is 31.4 Å². The first kappa shape index (κ1) is 11.2. The molecule has 0 spiro atoms. The Bertz CT molecular complexity index is 560. The van der Waals surface area contributed by atoms with E-state index in [0.29, 0.717) is 13.1 Å². The molecule has 1 aliphatic heterocycles. The van der Waals surface area contributed by atoms with Crippen LogP contribution in [0.4, 0.5) is 5.69 Å². The SMILES string of the molecule is CN1CCc2cc(-c3cn(CCN)nn3)ccc21. The van der Waals surface area contributed by atoms with Crippen LogP contribution in [0.3, 0.4) is 0 Å². The average Bonchev–Trinajstić information content (AvgIpc) is 2.97. The third-order valence-electron chi connectivity index (χ3n) is 3.40. The largest absolute Gasteiger partial charge is 0.374 e. The van der Waals surface area contributed by atoms with E-state index < -0.39 is 0 Å². The average molecular weight is 243 g/mol. The predicted octanol–water partition coefficient (Wildman–Crippen LogP) is 0.896. The van der Waals surface area contributed by atoms with Gasteiger partial charge in [-0.1, -0.05) is 11.3 Å². The lowest BCUT2D eigenvalue weighted by Gasteiger charge is -2.11. The Morgan fingerprint density at radius 2 is 2.28 bits per heavy atom. The van der Waals surface area contributed by atoms with Crippen molar-refractivity contribution in [2.45, 2.75) is 13.0 Å². The van der Waals surface area contributed by atoms with Crippen molar-refractivity contribution in [3.8, 4) is 11.3 Å². The molecule has 2 aromatic rings. The van der Waals surface area contributed by atoms with Crippen molar-refractivity contribution in [2.24, 2.45) is 5.73 Å². The van der Waals surface area contributed by atoms with Gasteiger partial charge in [-0.25, -0.2) is 0 Å². The molecule has 3 rings (SSSR count). The predicted molar refractivity (Wildman–Crippen MR) is 71.5 cm³/mol. The van der Waals surface area contributed by atoms with Crippen LogP contribution >= 0.6 is 0 Å². The van der Waals surface area contributed by atoms with Crippen molar-refractivity contribution in [1.82, 2.24) is 15.0 Å². The summed E-state index contributed by atoms with van der Waals surface area (Å²) in [5.74, 6) is 0. The molecule has 1 aliphatic rings. The summed E-state index contributed by atoms with van der Waals surface area (Å²) in [5, 5.41) is 8.26. The Balaban J connectivity index is 1.92. The zero-order chi connectivity index (χ0) is 12.5. The van der Waals surface area contributed by atoms with Crippen LogP contribution in [0, 0.1) is 0 Å². The maximum absolute atomic E-state index is 5.50. The van der Waals surface area contributed by atoms with E-state index in [1.807, 2.05) is 6.20 Å². The van der Waals surface area contributed by atoms with Crippen LogP contribution in [-0.2, 0) is 13.0 Å². The summed E-state index contributed by atoms with van der Waals surface area (Å²) in [5.41, 5.74) is 10.3. The minimum atomic E-state index is 0.581. The topological polar surface area (TPSA) is 60.0 Å². The third-order valence-corrected chi connectivity index (χ3v) is 3.40. The third kappa shape index (κ3) is 1.86.